The Bertz CT molecular complexity index is 1220. The van der Waals surface area contributed by atoms with E-state index >= 15 is 0 Å². The molecule has 0 saturated carbocycles. The second kappa shape index (κ2) is 10.1. The van der Waals surface area contributed by atoms with Crippen molar-refractivity contribution < 1.29 is 14.3 Å². The second-order valence-corrected chi connectivity index (χ2v) is 9.13. The first kappa shape index (κ1) is 23.6. The minimum Gasteiger partial charge on any atom is -0.477 e. The van der Waals surface area contributed by atoms with E-state index in [4.69, 9.17) is 4.74 Å². The van der Waals surface area contributed by atoms with Crippen molar-refractivity contribution in [3.05, 3.63) is 65.5 Å². The van der Waals surface area contributed by atoms with E-state index in [0.29, 0.717) is 43.4 Å². The van der Waals surface area contributed by atoms with Crippen LogP contribution in [0.3, 0.4) is 0 Å². The number of rotatable bonds is 6. The van der Waals surface area contributed by atoms with Crippen molar-refractivity contribution in [2.75, 3.05) is 7.11 Å². The molecule has 0 bridgehead atoms. The lowest BCUT2D eigenvalue weighted by Gasteiger charge is -2.15. The third kappa shape index (κ3) is 5.24. The number of ether oxygens (including phenoxy) is 2. The summed E-state index contributed by atoms with van der Waals surface area (Å²) >= 11 is 10.3. The molecule has 2 aromatic carbocycles. The predicted octanol–water partition coefficient (Wildman–Crippen LogP) is 5.07. The third-order valence-electron chi connectivity index (χ3n) is 4.36. The van der Waals surface area contributed by atoms with Crippen molar-refractivity contribution in [1.82, 2.24) is 9.66 Å². The van der Waals surface area contributed by atoms with Crippen LogP contribution in [0.5, 0.6) is 5.75 Å². The number of esters is 1. The molecule has 0 unspecified atom stereocenters. The normalized spacial score (nSPS) is 12.3. The molecule has 0 aliphatic heterocycles. The molecule has 0 saturated heterocycles. The summed E-state index contributed by atoms with van der Waals surface area (Å²) in [4.78, 5) is 29.2. The molecule has 3 aromatic rings. The summed E-state index contributed by atoms with van der Waals surface area (Å²) in [5.41, 5.74) is 1.09. The minimum atomic E-state index is -0.772. The molecule has 3 rings (SSSR count). The van der Waals surface area contributed by atoms with Gasteiger partial charge in [-0.05, 0) is 74.7 Å². The molecule has 10 heteroatoms. The smallest absolute Gasteiger partial charge is 0.346 e. The molecule has 0 aliphatic carbocycles. The maximum absolute atomic E-state index is 13.0. The Balaban J connectivity index is 1.98. The summed E-state index contributed by atoms with van der Waals surface area (Å²) < 4.78 is 13.7. The largest absolute Gasteiger partial charge is 0.477 e. The Morgan fingerprint density at radius 3 is 2.52 bits per heavy atom. The van der Waals surface area contributed by atoms with Crippen molar-refractivity contribution in [2.24, 2.45) is 5.10 Å². The van der Waals surface area contributed by atoms with Crippen LogP contribution in [0, 0.1) is 0 Å². The molecule has 0 spiro atoms. The number of benzene rings is 2. The first-order valence-corrected chi connectivity index (χ1v) is 11.6. The second-order valence-electron chi connectivity index (χ2n) is 6.50. The lowest BCUT2D eigenvalue weighted by molar-refractivity contribution is -0.147. The number of halogens is 3. The number of methoxy groups -OCH3 is 1. The van der Waals surface area contributed by atoms with E-state index < -0.39 is 12.1 Å². The highest BCUT2D eigenvalue weighted by molar-refractivity contribution is 9.11. The molecular formula is C21H18Br3N3O4. The van der Waals surface area contributed by atoms with Crippen LogP contribution in [0.15, 0.2) is 53.6 Å². The highest BCUT2D eigenvalue weighted by atomic mass is 79.9. The molecule has 0 fully saturated rings. The number of carbonyl (C=O) groups excluding carboxylic acids is 1. The molecule has 162 valence electrons. The molecule has 1 heterocycles. The summed E-state index contributed by atoms with van der Waals surface area (Å²) in [7, 11) is 1.30. The fraction of sp³-hybridized carbons (Fsp3) is 0.238. The number of carbonyl (C=O) groups is 1. The van der Waals surface area contributed by atoms with Crippen LogP contribution in [0.25, 0.3) is 10.9 Å². The number of hydrogen-bond donors (Lipinski definition) is 0. The van der Waals surface area contributed by atoms with Crippen LogP contribution in [0.4, 0.5) is 0 Å². The quantitative estimate of drug-likeness (QED) is 0.286. The third-order valence-corrected chi connectivity index (χ3v) is 6.03. The number of hydrogen-bond acceptors (Lipinski definition) is 6. The van der Waals surface area contributed by atoms with Gasteiger partial charge >= 0.3 is 5.97 Å². The van der Waals surface area contributed by atoms with Crippen molar-refractivity contribution >= 4 is 70.9 Å². The zero-order valence-electron chi connectivity index (χ0n) is 16.9. The van der Waals surface area contributed by atoms with Crippen LogP contribution in [0.1, 0.15) is 25.2 Å². The molecule has 1 aromatic heterocycles. The maximum Gasteiger partial charge on any atom is 0.346 e. The molecular weight excluding hydrogens is 598 g/mol. The summed E-state index contributed by atoms with van der Waals surface area (Å²) in [6.45, 7) is 3.52. The molecule has 31 heavy (non-hydrogen) atoms. The van der Waals surface area contributed by atoms with Crippen LogP contribution < -0.4 is 10.3 Å². The zero-order valence-corrected chi connectivity index (χ0v) is 21.6. The van der Waals surface area contributed by atoms with E-state index in [1.165, 1.54) is 11.8 Å². The van der Waals surface area contributed by atoms with Crippen LogP contribution in [-0.4, -0.2) is 35.1 Å². The molecule has 0 aliphatic rings. The highest BCUT2D eigenvalue weighted by Crippen LogP contribution is 2.35. The maximum atomic E-state index is 13.0. The fourth-order valence-corrected chi connectivity index (χ4v) is 4.59. The summed E-state index contributed by atoms with van der Waals surface area (Å²) in [6.07, 6.45) is 1.34. The zero-order chi connectivity index (χ0) is 22.7. The topological polar surface area (TPSA) is 82.8 Å². The van der Waals surface area contributed by atoms with Crippen molar-refractivity contribution in [3.63, 3.8) is 0 Å². The lowest BCUT2D eigenvalue weighted by Crippen LogP contribution is -2.25. The molecule has 0 N–H and O–H groups in total. The van der Waals surface area contributed by atoms with Gasteiger partial charge in [-0.15, -0.1) is 0 Å². The highest BCUT2D eigenvalue weighted by Gasteiger charge is 2.18. The van der Waals surface area contributed by atoms with Crippen LogP contribution >= 0.6 is 47.8 Å². The summed E-state index contributed by atoms with van der Waals surface area (Å²) in [6, 6.07) is 8.93. The first-order valence-electron chi connectivity index (χ1n) is 9.24. The molecule has 0 radical (unpaired) electrons. The number of fused-ring (bicyclic) bond motifs is 1. The van der Waals surface area contributed by atoms with Gasteiger partial charge < -0.3 is 9.47 Å². The predicted molar refractivity (Wildman–Crippen MR) is 130 cm³/mol. The van der Waals surface area contributed by atoms with Gasteiger partial charge in [0.15, 0.2) is 6.10 Å². The van der Waals surface area contributed by atoms with Gasteiger partial charge in [0.25, 0.3) is 5.56 Å². The Morgan fingerprint density at radius 1 is 1.23 bits per heavy atom. The van der Waals surface area contributed by atoms with Gasteiger partial charge in [0, 0.05) is 10.9 Å². The van der Waals surface area contributed by atoms with Gasteiger partial charge in [0.2, 0.25) is 0 Å². The van der Waals surface area contributed by atoms with E-state index in [1.807, 2.05) is 13.0 Å². The van der Waals surface area contributed by atoms with E-state index in [2.05, 4.69) is 62.6 Å². The number of aryl methyl sites for hydroxylation is 1. The van der Waals surface area contributed by atoms with Gasteiger partial charge in [-0.1, -0.05) is 22.9 Å². The molecule has 0 amide bonds. The van der Waals surface area contributed by atoms with E-state index in [-0.39, 0.29) is 5.56 Å². The Kier molecular flexibility index (Phi) is 7.66. The Labute approximate surface area is 203 Å². The van der Waals surface area contributed by atoms with Gasteiger partial charge in [0.1, 0.15) is 11.6 Å². The van der Waals surface area contributed by atoms with Crippen molar-refractivity contribution in [1.29, 1.82) is 0 Å². The van der Waals surface area contributed by atoms with E-state index in [0.717, 1.165) is 4.47 Å². The van der Waals surface area contributed by atoms with E-state index in [9.17, 15) is 9.59 Å². The fourth-order valence-electron chi connectivity index (χ4n) is 2.82. The first-order chi connectivity index (χ1) is 14.7. The lowest BCUT2D eigenvalue weighted by atomic mass is 10.2. The van der Waals surface area contributed by atoms with Crippen molar-refractivity contribution in [2.45, 2.75) is 26.4 Å². The molecule has 1 atom stereocenters. The van der Waals surface area contributed by atoms with Gasteiger partial charge in [0.05, 0.1) is 33.2 Å². The van der Waals surface area contributed by atoms with Gasteiger partial charge in [-0.25, -0.2) is 9.78 Å². The summed E-state index contributed by atoms with van der Waals surface area (Å²) in [5, 5.41) is 4.86. The monoisotopic (exact) mass is 613 g/mol. The SMILES string of the molecule is CCc1nc2ccc(Br)cc2c(=O)n1N=Cc1cc(Br)c(O[C@@H](C)C(=O)OC)c(Br)c1. The number of nitrogens with zero attached hydrogens (tertiary/aromatic N) is 3. The van der Waals surface area contributed by atoms with Gasteiger partial charge in [-0.3, -0.25) is 4.79 Å². The minimum absolute atomic E-state index is 0.246. The number of aromatic nitrogens is 2. The average Bonchev–Trinajstić information content (AvgIpc) is 2.75. The van der Waals surface area contributed by atoms with Gasteiger partial charge in [-0.2, -0.15) is 9.78 Å². The standard InChI is InChI=1S/C21H18Br3N3O4/c1-4-18-26-17-6-5-13(22)9-14(17)20(28)27(18)25-10-12-7-15(23)19(16(24)8-12)31-11(2)21(29)30-3/h5-11H,4H2,1-3H3/t11-/m0/s1. The summed E-state index contributed by atoms with van der Waals surface area (Å²) in [5.74, 6) is 0.533. The van der Waals surface area contributed by atoms with E-state index in [1.54, 1.807) is 37.4 Å². The van der Waals surface area contributed by atoms with Crippen molar-refractivity contribution in [3.8, 4) is 5.75 Å². The Morgan fingerprint density at radius 2 is 1.90 bits per heavy atom. The average molecular weight is 616 g/mol. The van der Waals surface area contributed by atoms with Crippen LogP contribution in [-0.2, 0) is 16.0 Å². The Hall–Kier alpha value is -2.04. The van der Waals surface area contributed by atoms with Crippen LogP contribution in [0.2, 0.25) is 0 Å². The molecule has 7 nitrogen and oxygen atoms in total.